The lowest BCUT2D eigenvalue weighted by Crippen LogP contribution is -2.30. The summed E-state index contributed by atoms with van der Waals surface area (Å²) in [7, 11) is 0. The number of hydrogen-bond acceptors (Lipinski definition) is 3. The second-order valence-electron chi connectivity index (χ2n) is 6.36. The van der Waals surface area contributed by atoms with Crippen molar-refractivity contribution in [2.45, 2.75) is 12.3 Å². The molecule has 2 aromatic rings. The number of nitrogens with two attached hydrogens (primary N) is 1. The van der Waals surface area contributed by atoms with E-state index >= 15 is 0 Å². The molecule has 1 aliphatic heterocycles. The van der Waals surface area contributed by atoms with E-state index in [1.54, 1.807) is 24.3 Å². The first-order chi connectivity index (χ1) is 12.2. The maximum Gasteiger partial charge on any atom is 0.226 e. The minimum absolute atomic E-state index is 0. The summed E-state index contributed by atoms with van der Waals surface area (Å²) in [6.07, 6.45) is 0.363. The van der Waals surface area contributed by atoms with Crippen LogP contribution in [0.25, 0.3) is 0 Å². The summed E-state index contributed by atoms with van der Waals surface area (Å²) in [6, 6.07) is 17.5. The quantitative estimate of drug-likeness (QED) is 0.811. The molecule has 2 N–H and O–H groups in total. The van der Waals surface area contributed by atoms with Crippen LogP contribution in [0.1, 0.15) is 17.9 Å². The van der Waals surface area contributed by atoms with Crippen molar-refractivity contribution in [3.8, 4) is 5.75 Å². The van der Waals surface area contributed by atoms with E-state index in [0.717, 1.165) is 18.8 Å². The molecular weight excluding hydrogens is 371 g/mol. The van der Waals surface area contributed by atoms with Crippen molar-refractivity contribution < 1.29 is 9.53 Å². The van der Waals surface area contributed by atoms with Gasteiger partial charge in [0.25, 0.3) is 0 Å². The molecule has 0 bridgehead atoms. The van der Waals surface area contributed by atoms with Crippen LogP contribution in [0, 0.1) is 5.92 Å². The summed E-state index contributed by atoms with van der Waals surface area (Å²) >= 11 is 5.85. The summed E-state index contributed by atoms with van der Waals surface area (Å²) < 4.78 is 5.63. The predicted octanol–water partition coefficient (Wildman–Crippen LogP) is 3.73. The lowest BCUT2D eigenvalue weighted by molar-refractivity contribution is -0.130. The second-order valence-corrected chi connectivity index (χ2v) is 6.80. The van der Waals surface area contributed by atoms with E-state index in [4.69, 9.17) is 22.1 Å². The van der Waals surface area contributed by atoms with Gasteiger partial charge in [0.1, 0.15) is 5.75 Å². The molecule has 0 unspecified atom stereocenters. The monoisotopic (exact) mass is 394 g/mol. The molecule has 1 amide bonds. The standard InChI is InChI=1S/C20H23ClN2O2.ClH/c21-17-6-8-18(9-7-17)25-11-10-20(24)23-13-16(12-22)19(14-23)15-4-2-1-3-5-15;/h1-9,16,19H,10-14,22H2;1H/t16-,19+;/m1./s1. The summed E-state index contributed by atoms with van der Waals surface area (Å²) in [6.45, 7) is 2.40. The molecule has 1 saturated heterocycles. The fourth-order valence-electron chi connectivity index (χ4n) is 3.34. The molecule has 6 heteroatoms. The first-order valence-corrected chi connectivity index (χ1v) is 8.96. The highest BCUT2D eigenvalue weighted by molar-refractivity contribution is 6.30. The molecular formula is C20H24Cl2N2O2. The fraction of sp³-hybridized carbons (Fsp3) is 0.350. The van der Waals surface area contributed by atoms with Crippen LogP contribution >= 0.6 is 24.0 Å². The molecule has 4 nitrogen and oxygen atoms in total. The third kappa shape index (κ3) is 5.13. The van der Waals surface area contributed by atoms with Gasteiger partial charge in [-0.05, 0) is 42.3 Å². The first-order valence-electron chi connectivity index (χ1n) is 8.58. The zero-order valence-electron chi connectivity index (χ0n) is 14.5. The van der Waals surface area contributed by atoms with Crippen LogP contribution < -0.4 is 10.5 Å². The summed E-state index contributed by atoms with van der Waals surface area (Å²) in [5.41, 5.74) is 7.19. The second kappa shape index (κ2) is 9.81. The minimum Gasteiger partial charge on any atom is -0.493 e. The number of nitrogens with zero attached hydrogens (tertiary/aromatic N) is 1. The first kappa shape index (κ1) is 20.6. The number of halogens is 2. The molecule has 1 heterocycles. The van der Waals surface area contributed by atoms with E-state index in [1.807, 2.05) is 23.1 Å². The van der Waals surface area contributed by atoms with Gasteiger partial charge in [-0.25, -0.2) is 0 Å². The Kier molecular flexibility index (Phi) is 7.76. The van der Waals surface area contributed by atoms with Gasteiger partial charge in [-0.3, -0.25) is 4.79 Å². The lowest BCUT2D eigenvalue weighted by atomic mass is 9.89. The van der Waals surface area contributed by atoms with Crippen LogP contribution in [-0.2, 0) is 4.79 Å². The van der Waals surface area contributed by atoms with Crippen molar-refractivity contribution in [3.05, 3.63) is 65.2 Å². The fourth-order valence-corrected chi connectivity index (χ4v) is 3.46. The molecule has 1 fully saturated rings. The maximum atomic E-state index is 12.5. The van der Waals surface area contributed by atoms with Crippen molar-refractivity contribution in [2.75, 3.05) is 26.2 Å². The number of rotatable bonds is 6. The lowest BCUT2D eigenvalue weighted by Gasteiger charge is -2.17. The molecule has 3 rings (SSSR count). The van der Waals surface area contributed by atoms with Gasteiger partial charge >= 0.3 is 0 Å². The zero-order chi connectivity index (χ0) is 17.6. The SMILES string of the molecule is Cl.NC[C@@H]1CN(C(=O)CCOc2ccc(Cl)cc2)C[C@H]1c1ccccc1. The highest BCUT2D eigenvalue weighted by Crippen LogP contribution is 2.32. The number of amides is 1. The molecule has 0 spiro atoms. The molecule has 0 aliphatic carbocycles. The largest absolute Gasteiger partial charge is 0.493 e. The number of likely N-dealkylation sites (tertiary alicyclic amines) is 1. The van der Waals surface area contributed by atoms with Crippen LogP contribution in [-0.4, -0.2) is 37.0 Å². The third-order valence-electron chi connectivity index (χ3n) is 4.72. The van der Waals surface area contributed by atoms with Crippen LogP contribution in [0.2, 0.25) is 5.02 Å². The Morgan fingerprint density at radius 1 is 1.12 bits per heavy atom. The Balaban J connectivity index is 0.00000243. The number of carbonyl (C=O) groups is 1. The average Bonchev–Trinajstić information content (AvgIpc) is 3.08. The summed E-state index contributed by atoms with van der Waals surface area (Å²) in [4.78, 5) is 14.4. The van der Waals surface area contributed by atoms with Gasteiger partial charge in [0.15, 0.2) is 0 Å². The van der Waals surface area contributed by atoms with E-state index in [1.165, 1.54) is 5.56 Å². The van der Waals surface area contributed by atoms with Crippen molar-refractivity contribution in [2.24, 2.45) is 11.7 Å². The maximum absolute atomic E-state index is 12.5. The number of hydrogen-bond donors (Lipinski definition) is 1. The van der Waals surface area contributed by atoms with Crippen molar-refractivity contribution in [3.63, 3.8) is 0 Å². The third-order valence-corrected chi connectivity index (χ3v) is 4.97. The van der Waals surface area contributed by atoms with Gasteiger partial charge in [-0.1, -0.05) is 41.9 Å². The normalized spacial score (nSPS) is 19.1. The Labute approximate surface area is 165 Å². The van der Waals surface area contributed by atoms with Crippen LogP contribution in [0.15, 0.2) is 54.6 Å². The Morgan fingerprint density at radius 2 is 1.81 bits per heavy atom. The van der Waals surface area contributed by atoms with Gasteiger partial charge < -0.3 is 15.4 Å². The van der Waals surface area contributed by atoms with Crippen LogP contribution in [0.4, 0.5) is 0 Å². The van der Waals surface area contributed by atoms with E-state index < -0.39 is 0 Å². The molecule has 0 saturated carbocycles. The van der Waals surface area contributed by atoms with E-state index in [9.17, 15) is 4.79 Å². The Hall–Kier alpha value is -1.75. The smallest absolute Gasteiger partial charge is 0.226 e. The van der Waals surface area contributed by atoms with Gasteiger partial charge in [-0.15, -0.1) is 12.4 Å². The van der Waals surface area contributed by atoms with Crippen molar-refractivity contribution in [1.82, 2.24) is 4.90 Å². The number of benzene rings is 2. The van der Waals surface area contributed by atoms with Gasteiger partial charge in [-0.2, -0.15) is 0 Å². The molecule has 2 aromatic carbocycles. The highest BCUT2D eigenvalue weighted by atomic mass is 35.5. The van der Waals surface area contributed by atoms with E-state index in [0.29, 0.717) is 36.4 Å². The molecule has 2 atom stereocenters. The van der Waals surface area contributed by atoms with Crippen LogP contribution in [0.3, 0.4) is 0 Å². The number of ether oxygens (including phenoxy) is 1. The summed E-state index contributed by atoms with van der Waals surface area (Å²) in [5, 5.41) is 0.667. The highest BCUT2D eigenvalue weighted by Gasteiger charge is 2.34. The number of carbonyl (C=O) groups excluding carboxylic acids is 1. The average molecular weight is 395 g/mol. The van der Waals surface area contributed by atoms with Crippen molar-refractivity contribution >= 4 is 29.9 Å². The molecule has 26 heavy (non-hydrogen) atoms. The van der Waals surface area contributed by atoms with Gasteiger partial charge in [0.05, 0.1) is 13.0 Å². The topological polar surface area (TPSA) is 55.6 Å². The van der Waals surface area contributed by atoms with Crippen LogP contribution in [0.5, 0.6) is 5.75 Å². The minimum atomic E-state index is 0. The Bertz CT molecular complexity index is 695. The van der Waals surface area contributed by atoms with E-state index in [-0.39, 0.29) is 18.3 Å². The molecule has 1 aliphatic rings. The predicted molar refractivity (Wildman–Crippen MR) is 107 cm³/mol. The summed E-state index contributed by atoms with van der Waals surface area (Å²) in [5.74, 6) is 1.46. The molecule has 0 radical (unpaired) electrons. The van der Waals surface area contributed by atoms with Gasteiger partial charge in [0.2, 0.25) is 5.91 Å². The Morgan fingerprint density at radius 3 is 2.46 bits per heavy atom. The zero-order valence-corrected chi connectivity index (χ0v) is 16.1. The molecule has 0 aromatic heterocycles. The van der Waals surface area contributed by atoms with E-state index in [2.05, 4.69) is 12.1 Å². The van der Waals surface area contributed by atoms with Crippen molar-refractivity contribution in [1.29, 1.82) is 0 Å². The van der Waals surface area contributed by atoms with Gasteiger partial charge in [0, 0.05) is 24.0 Å². The molecule has 140 valence electrons.